The Bertz CT molecular complexity index is 360. The van der Waals surface area contributed by atoms with Crippen molar-refractivity contribution in [2.45, 2.75) is 45.6 Å². The summed E-state index contributed by atoms with van der Waals surface area (Å²) in [6.07, 6.45) is 5.47. The Morgan fingerprint density at radius 2 is 2.00 bits per heavy atom. The Hall–Kier alpha value is -0.890. The van der Waals surface area contributed by atoms with Crippen LogP contribution in [0.3, 0.4) is 0 Å². The minimum absolute atomic E-state index is 0.160. The van der Waals surface area contributed by atoms with E-state index in [1.165, 1.54) is 43.4 Å². The lowest BCUT2D eigenvalue weighted by Gasteiger charge is -2.28. The van der Waals surface area contributed by atoms with Crippen molar-refractivity contribution in [2.75, 3.05) is 6.54 Å². The normalized spacial score (nSPS) is 25.9. The van der Waals surface area contributed by atoms with E-state index >= 15 is 0 Å². The Balaban J connectivity index is 1.80. The molecule has 0 saturated heterocycles. The maximum Gasteiger partial charge on any atom is 0.123 e. The fraction of sp³-hybridized carbons (Fsp3) is 0.625. The van der Waals surface area contributed by atoms with Gasteiger partial charge in [-0.15, -0.1) is 0 Å². The molecule has 1 saturated carbocycles. The van der Waals surface area contributed by atoms with Gasteiger partial charge in [-0.2, -0.15) is 0 Å². The Kier molecular flexibility index (Phi) is 4.76. The number of benzene rings is 1. The van der Waals surface area contributed by atoms with Crippen molar-refractivity contribution >= 4 is 0 Å². The van der Waals surface area contributed by atoms with E-state index in [1.54, 1.807) is 0 Å². The van der Waals surface area contributed by atoms with Gasteiger partial charge in [0.05, 0.1) is 0 Å². The van der Waals surface area contributed by atoms with Gasteiger partial charge in [-0.1, -0.05) is 31.9 Å². The first kappa shape index (κ1) is 13.5. The highest BCUT2D eigenvalue weighted by molar-refractivity contribution is 5.19. The molecule has 2 heteroatoms. The fourth-order valence-electron chi connectivity index (χ4n) is 2.96. The minimum Gasteiger partial charge on any atom is -0.310 e. The third-order valence-electron chi connectivity index (χ3n) is 4.13. The van der Waals surface area contributed by atoms with E-state index in [0.29, 0.717) is 6.04 Å². The number of rotatable bonds is 4. The first-order chi connectivity index (χ1) is 8.65. The van der Waals surface area contributed by atoms with Crippen molar-refractivity contribution in [3.8, 4) is 0 Å². The molecule has 1 N–H and O–H groups in total. The van der Waals surface area contributed by atoms with Crippen LogP contribution in [0.5, 0.6) is 0 Å². The van der Waals surface area contributed by atoms with Gasteiger partial charge in [0.1, 0.15) is 5.82 Å². The minimum atomic E-state index is -0.160. The first-order valence-electron chi connectivity index (χ1n) is 7.14. The van der Waals surface area contributed by atoms with Crippen molar-refractivity contribution in [3.05, 3.63) is 35.6 Å². The van der Waals surface area contributed by atoms with Gasteiger partial charge in [0.25, 0.3) is 0 Å². The second-order valence-corrected chi connectivity index (χ2v) is 5.82. The zero-order valence-corrected chi connectivity index (χ0v) is 11.5. The molecule has 0 radical (unpaired) electrons. The predicted molar refractivity (Wildman–Crippen MR) is 73.9 cm³/mol. The Labute approximate surface area is 110 Å². The van der Waals surface area contributed by atoms with E-state index in [-0.39, 0.29) is 5.82 Å². The van der Waals surface area contributed by atoms with Gasteiger partial charge >= 0.3 is 0 Å². The zero-order valence-electron chi connectivity index (χ0n) is 11.5. The van der Waals surface area contributed by atoms with Gasteiger partial charge in [0.15, 0.2) is 0 Å². The summed E-state index contributed by atoms with van der Waals surface area (Å²) in [6, 6.07) is 7.13. The quantitative estimate of drug-likeness (QED) is 0.838. The molecule has 1 nitrogen and oxygen atoms in total. The van der Waals surface area contributed by atoms with E-state index in [1.807, 2.05) is 12.1 Å². The van der Waals surface area contributed by atoms with Crippen LogP contribution in [0.2, 0.25) is 0 Å². The molecule has 0 heterocycles. The van der Waals surface area contributed by atoms with Crippen molar-refractivity contribution in [1.29, 1.82) is 0 Å². The summed E-state index contributed by atoms with van der Waals surface area (Å²) in [5, 5.41) is 3.59. The standard InChI is InChI=1S/C16H24FN/c1-12-4-3-5-14(10-12)11-18-13(2)15-6-8-16(17)9-7-15/h6-9,12-14,18H,3-5,10-11H2,1-2H3/t12?,13-,14?/m1/s1. The number of halogens is 1. The molecule has 100 valence electrons. The number of hydrogen-bond acceptors (Lipinski definition) is 1. The fourth-order valence-corrected chi connectivity index (χ4v) is 2.96. The highest BCUT2D eigenvalue weighted by Crippen LogP contribution is 2.28. The second kappa shape index (κ2) is 6.33. The summed E-state index contributed by atoms with van der Waals surface area (Å²) in [5.41, 5.74) is 1.17. The Morgan fingerprint density at radius 1 is 1.28 bits per heavy atom. The summed E-state index contributed by atoms with van der Waals surface area (Å²) in [6.45, 7) is 5.60. The second-order valence-electron chi connectivity index (χ2n) is 5.82. The van der Waals surface area contributed by atoms with Crippen LogP contribution < -0.4 is 5.32 Å². The molecule has 1 aromatic carbocycles. The number of nitrogens with one attached hydrogen (secondary N) is 1. The summed E-state index contributed by atoms with van der Waals surface area (Å²) in [4.78, 5) is 0. The van der Waals surface area contributed by atoms with E-state index < -0.39 is 0 Å². The molecular weight excluding hydrogens is 225 g/mol. The summed E-state index contributed by atoms with van der Waals surface area (Å²) in [5.74, 6) is 1.54. The summed E-state index contributed by atoms with van der Waals surface area (Å²) >= 11 is 0. The molecule has 0 aliphatic heterocycles. The van der Waals surface area contributed by atoms with Gasteiger partial charge in [-0.05, 0) is 55.8 Å². The lowest BCUT2D eigenvalue weighted by atomic mass is 9.82. The lowest BCUT2D eigenvalue weighted by Crippen LogP contribution is -2.28. The molecule has 0 bridgehead atoms. The third-order valence-corrected chi connectivity index (χ3v) is 4.13. The van der Waals surface area contributed by atoms with Crippen molar-refractivity contribution in [3.63, 3.8) is 0 Å². The van der Waals surface area contributed by atoms with E-state index in [4.69, 9.17) is 0 Å². The number of hydrogen-bond donors (Lipinski definition) is 1. The van der Waals surface area contributed by atoms with E-state index in [9.17, 15) is 4.39 Å². The molecular formula is C16H24FN. The molecule has 1 aliphatic rings. The molecule has 18 heavy (non-hydrogen) atoms. The molecule has 0 spiro atoms. The van der Waals surface area contributed by atoms with Crippen LogP contribution in [0.25, 0.3) is 0 Å². The molecule has 0 aromatic heterocycles. The van der Waals surface area contributed by atoms with Crippen molar-refractivity contribution in [2.24, 2.45) is 11.8 Å². The van der Waals surface area contributed by atoms with Crippen LogP contribution in [0.15, 0.2) is 24.3 Å². The van der Waals surface area contributed by atoms with Crippen LogP contribution in [0.4, 0.5) is 4.39 Å². The summed E-state index contributed by atoms with van der Waals surface area (Å²) in [7, 11) is 0. The SMILES string of the molecule is CC1CCCC(CN[C@H](C)c2ccc(F)cc2)C1. The van der Waals surface area contributed by atoms with Gasteiger partial charge in [-0.25, -0.2) is 4.39 Å². The van der Waals surface area contributed by atoms with Crippen molar-refractivity contribution < 1.29 is 4.39 Å². The molecule has 1 fully saturated rings. The van der Waals surface area contributed by atoms with Crippen LogP contribution in [-0.2, 0) is 0 Å². The maximum absolute atomic E-state index is 12.8. The smallest absolute Gasteiger partial charge is 0.123 e. The highest BCUT2D eigenvalue weighted by atomic mass is 19.1. The van der Waals surface area contributed by atoms with Crippen LogP contribution in [0, 0.1) is 17.7 Å². The maximum atomic E-state index is 12.8. The highest BCUT2D eigenvalue weighted by Gasteiger charge is 2.19. The van der Waals surface area contributed by atoms with Gasteiger partial charge < -0.3 is 5.32 Å². The summed E-state index contributed by atoms with van der Waals surface area (Å²) < 4.78 is 12.8. The average molecular weight is 249 g/mol. The van der Waals surface area contributed by atoms with E-state index in [0.717, 1.165) is 18.4 Å². The van der Waals surface area contributed by atoms with E-state index in [2.05, 4.69) is 19.2 Å². The van der Waals surface area contributed by atoms with Gasteiger partial charge in [0.2, 0.25) is 0 Å². The Morgan fingerprint density at radius 3 is 2.67 bits per heavy atom. The van der Waals surface area contributed by atoms with Crippen LogP contribution >= 0.6 is 0 Å². The third kappa shape index (κ3) is 3.81. The van der Waals surface area contributed by atoms with Crippen LogP contribution in [-0.4, -0.2) is 6.54 Å². The van der Waals surface area contributed by atoms with Gasteiger partial charge in [-0.3, -0.25) is 0 Å². The zero-order chi connectivity index (χ0) is 13.0. The van der Waals surface area contributed by atoms with Crippen molar-refractivity contribution in [1.82, 2.24) is 5.32 Å². The molecule has 3 atom stereocenters. The molecule has 2 rings (SSSR count). The molecule has 2 unspecified atom stereocenters. The largest absolute Gasteiger partial charge is 0.310 e. The lowest BCUT2D eigenvalue weighted by molar-refractivity contribution is 0.268. The average Bonchev–Trinajstić information content (AvgIpc) is 2.37. The molecule has 0 amide bonds. The van der Waals surface area contributed by atoms with Crippen LogP contribution in [0.1, 0.15) is 51.1 Å². The molecule has 1 aliphatic carbocycles. The first-order valence-corrected chi connectivity index (χ1v) is 7.14. The topological polar surface area (TPSA) is 12.0 Å². The predicted octanol–water partition coefficient (Wildman–Crippen LogP) is 4.30. The van der Waals surface area contributed by atoms with Gasteiger partial charge in [0, 0.05) is 6.04 Å². The molecule has 1 aromatic rings. The monoisotopic (exact) mass is 249 g/mol.